The molecule has 0 aromatic carbocycles. The number of hydrogen-bond acceptors (Lipinski definition) is 3. The molecule has 0 unspecified atom stereocenters. The van der Waals surface area contributed by atoms with Crippen LogP contribution in [0.5, 0.6) is 0 Å². The third kappa shape index (κ3) is 11.6. The van der Waals surface area contributed by atoms with E-state index in [0.29, 0.717) is 25.8 Å². The van der Waals surface area contributed by atoms with E-state index in [1.165, 1.54) is 0 Å². The number of amides is 1. The Labute approximate surface area is 149 Å². The zero-order valence-electron chi connectivity index (χ0n) is 17.1. The fraction of sp³-hybridized carbons (Fsp3) is 0.900. The highest BCUT2D eigenvalue weighted by atomic mass is 16.5. The molecule has 4 nitrogen and oxygen atoms in total. The van der Waals surface area contributed by atoms with Gasteiger partial charge in [-0.3, -0.25) is 9.59 Å². The van der Waals surface area contributed by atoms with Gasteiger partial charge in [0.2, 0.25) is 5.91 Å². The summed E-state index contributed by atoms with van der Waals surface area (Å²) >= 11 is 0. The third-order valence-electron chi connectivity index (χ3n) is 4.00. The molecular formula is C20H39NO3. The highest BCUT2D eigenvalue weighted by Gasteiger charge is 2.29. The van der Waals surface area contributed by atoms with Crippen molar-refractivity contribution in [1.29, 1.82) is 0 Å². The largest absolute Gasteiger partial charge is 0.378 e. The Hall–Kier alpha value is -0.900. The number of rotatable bonds is 12. The van der Waals surface area contributed by atoms with Gasteiger partial charge < -0.3 is 10.1 Å². The van der Waals surface area contributed by atoms with Crippen molar-refractivity contribution in [2.24, 2.45) is 16.7 Å². The molecule has 0 radical (unpaired) electrons. The van der Waals surface area contributed by atoms with Crippen LogP contribution < -0.4 is 5.32 Å². The van der Waals surface area contributed by atoms with E-state index in [9.17, 15) is 9.59 Å². The van der Waals surface area contributed by atoms with Crippen LogP contribution in [0, 0.1) is 16.7 Å². The van der Waals surface area contributed by atoms with Gasteiger partial charge in [-0.25, -0.2) is 0 Å². The van der Waals surface area contributed by atoms with Crippen molar-refractivity contribution in [2.45, 2.75) is 87.2 Å². The zero-order chi connectivity index (χ0) is 19.0. The number of carbonyl (C=O) groups excluding carboxylic acids is 2. The second kappa shape index (κ2) is 10.2. The van der Waals surface area contributed by atoms with Gasteiger partial charge in [-0.2, -0.15) is 0 Å². The van der Waals surface area contributed by atoms with Crippen LogP contribution in [0.1, 0.15) is 81.1 Å². The Balaban J connectivity index is 4.17. The summed E-state index contributed by atoms with van der Waals surface area (Å²) in [4.78, 5) is 23.5. The number of hydrogen-bond donors (Lipinski definition) is 1. The van der Waals surface area contributed by atoms with Crippen molar-refractivity contribution in [1.82, 2.24) is 5.32 Å². The molecule has 0 aromatic heterocycles. The predicted octanol–water partition coefficient (Wildman–Crippen LogP) is 4.37. The fourth-order valence-corrected chi connectivity index (χ4v) is 2.94. The van der Waals surface area contributed by atoms with Crippen LogP contribution in [0.2, 0.25) is 0 Å². The van der Waals surface area contributed by atoms with Crippen LogP contribution >= 0.6 is 0 Å². The monoisotopic (exact) mass is 341 g/mol. The lowest BCUT2D eigenvalue weighted by atomic mass is 9.75. The summed E-state index contributed by atoms with van der Waals surface area (Å²) < 4.78 is 5.75. The first-order chi connectivity index (χ1) is 10.8. The van der Waals surface area contributed by atoms with Crippen molar-refractivity contribution in [3.8, 4) is 0 Å². The van der Waals surface area contributed by atoms with Crippen molar-refractivity contribution >= 4 is 11.7 Å². The summed E-state index contributed by atoms with van der Waals surface area (Å²) in [5.74, 6) is 0.327. The lowest BCUT2D eigenvalue weighted by Crippen LogP contribution is -2.38. The van der Waals surface area contributed by atoms with Gasteiger partial charge in [-0.05, 0) is 37.5 Å². The van der Waals surface area contributed by atoms with Gasteiger partial charge in [0.25, 0.3) is 0 Å². The molecule has 0 spiro atoms. The van der Waals surface area contributed by atoms with E-state index in [2.05, 4.69) is 33.0 Å². The minimum atomic E-state index is 0.00719. The van der Waals surface area contributed by atoms with Crippen molar-refractivity contribution in [3.05, 3.63) is 0 Å². The first kappa shape index (κ1) is 23.1. The summed E-state index contributed by atoms with van der Waals surface area (Å²) in [7, 11) is 0. The van der Waals surface area contributed by atoms with Gasteiger partial charge in [-0.1, -0.05) is 41.5 Å². The molecule has 0 aliphatic heterocycles. The number of carbonyl (C=O) groups is 2. The molecular weight excluding hydrogens is 302 g/mol. The Kier molecular flexibility index (Phi) is 9.79. The summed E-state index contributed by atoms with van der Waals surface area (Å²) in [5.41, 5.74) is 0.0788. The summed E-state index contributed by atoms with van der Waals surface area (Å²) in [5, 5.41) is 3.02. The predicted molar refractivity (Wildman–Crippen MR) is 100.0 cm³/mol. The molecule has 0 heterocycles. The Morgan fingerprint density at radius 1 is 0.958 bits per heavy atom. The SMILES string of the molecule is CC(C)OCC(C)(C)CC(C)(C)CNC(=O)CCCC(=O)C(C)C. The van der Waals surface area contributed by atoms with Crippen LogP contribution in [0.3, 0.4) is 0 Å². The summed E-state index contributed by atoms with van der Waals surface area (Å²) in [6, 6.07) is 0. The first-order valence-corrected chi connectivity index (χ1v) is 9.26. The second-order valence-electron chi connectivity index (χ2n) is 9.12. The Morgan fingerprint density at radius 3 is 2.04 bits per heavy atom. The quantitative estimate of drug-likeness (QED) is 0.573. The van der Waals surface area contributed by atoms with Crippen LogP contribution in [0.15, 0.2) is 0 Å². The maximum Gasteiger partial charge on any atom is 0.220 e. The molecule has 1 N–H and O–H groups in total. The summed E-state index contributed by atoms with van der Waals surface area (Å²) in [6.07, 6.45) is 2.76. The highest BCUT2D eigenvalue weighted by Crippen LogP contribution is 2.33. The van der Waals surface area contributed by atoms with Crippen molar-refractivity contribution in [2.75, 3.05) is 13.2 Å². The van der Waals surface area contributed by atoms with E-state index < -0.39 is 0 Å². The van der Waals surface area contributed by atoms with E-state index in [4.69, 9.17) is 4.74 Å². The zero-order valence-corrected chi connectivity index (χ0v) is 17.1. The molecule has 0 rings (SSSR count). The lowest BCUT2D eigenvalue weighted by Gasteiger charge is -2.35. The topological polar surface area (TPSA) is 55.4 Å². The fourth-order valence-electron chi connectivity index (χ4n) is 2.94. The molecule has 0 saturated heterocycles. The minimum absolute atomic E-state index is 0.00719. The Morgan fingerprint density at radius 2 is 1.54 bits per heavy atom. The van der Waals surface area contributed by atoms with Gasteiger partial charge in [0.15, 0.2) is 0 Å². The lowest BCUT2D eigenvalue weighted by molar-refractivity contribution is -0.123. The van der Waals surface area contributed by atoms with E-state index >= 15 is 0 Å². The summed E-state index contributed by atoms with van der Waals surface area (Å²) in [6.45, 7) is 18.0. The van der Waals surface area contributed by atoms with Crippen LogP contribution in [0.25, 0.3) is 0 Å². The smallest absolute Gasteiger partial charge is 0.220 e. The van der Waals surface area contributed by atoms with Gasteiger partial charge in [0, 0.05) is 25.3 Å². The molecule has 4 heteroatoms. The van der Waals surface area contributed by atoms with Gasteiger partial charge in [0.05, 0.1) is 12.7 Å². The van der Waals surface area contributed by atoms with Crippen LogP contribution in [-0.2, 0) is 14.3 Å². The minimum Gasteiger partial charge on any atom is -0.378 e. The van der Waals surface area contributed by atoms with E-state index in [1.54, 1.807) is 0 Å². The maximum atomic E-state index is 12.0. The number of ether oxygens (including phenoxy) is 1. The number of Topliss-reactive ketones (excluding diaryl/α,β-unsaturated/α-hetero) is 1. The maximum absolute atomic E-state index is 12.0. The molecule has 0 aromatic rings. The first-order valence-electron chi connectivity index (χ1n) is 9.26. The van der Waals surface area contributed by atoms with Crippen molar-refractivity contribution in [3.63, 3.8) is 0 Å². The Bertz CT molecular complexity index is 398. The normalized spacial score (nSPS) is 12.8. The molecule has 0 saturated carbocycles. The molecule has 0 atom stereocenters. The van der Waals surface area contributed by atoms with Gasteiger partial charge >= 0.3 is 0 Å². The molecule has 0 fully saturated rings. The van der Waals surface area contributed by atoms with Crippen LogP contribution in [0.4, 0.5) is 0 Å². The molecule has 24 heavy (non-hydrogen) atoms. The van der Waals surface area contributed by atoms with Gasteiger partial charge in [0.1, 0.15) is 5.78 Å². The van der Waals surface area contributed by atoms with E-state index in [1.807, 2.05) is 27.7 Å². The third-order valence-corrected chi connectivity index (χ3v) is 4.00. The van der Waals surface area contributed by atoms with E-state index in [-0.39, 0.29) is 34.5 Å². The van der Waals surface area contributed by atoms with Crippen molar-refractivity contribution < 1.29 is 14.3 Å². The second-order valence-corrected chi connectivity index (χ2v) is 9.12. The average molecular weight is 342 g/mol. The average Bonchev–Trinajstić information content (AvgIpc) is 2.42. The van der Waals surface area contributed by atoms with E-state index in [0.717, 1.165) is 13.0 Å². The molecule has 0 aliphatic rings. The molecule has 0 aliphatic carbocycles. The molecule has 1 amide bonds. The van der Waals surface area contributed by atoms with Crippen LogP contribution in [-0.4, -0.2) is 30.9 Å². The molecule has 142 valence electrons. The van der Waals surface area contributed by atoms with Gasteiger partial charge in [-0.15, -0.1) is 0 Å². The standard InChI is InChI=1S/C20H39NO3/c1-15(2)17(22)10-9-11-18(23)21-13-19(5,6)12-20(7,8)14-24-16(3)4/h15-16H,9-14H2,1-8H3,(H,21,23). The number of nitrogens with one attached hydrogen (secondary N) is 1. The molecule has 0 bridgehead atoms. The highest BCUT2D eigenvalue weighted by molar-refractivity contribution is 5.81. The number of ketones is 1.